The summed E-state index contributed by atoms with van der Waals surface area (Å²) in [6.07, 6.45) is 8.79. The van der Waals surface area contributed by atoms with Gasteiger partial charge in [0.25, 0.3) is 0 Å². The molecule has 128 valence electrons. The molecule has 6 heteroatoms. The normalized spacial score (nSPS) is 13.0. The molecule has 0 saturated carbocycles. The third kappa shape index (κ3) is 4.67. The smallest absolute Gasteiger partial charge is 0.315 e. The first-order valence-corrected chi connectivity index (χ1v) is 8.20. The van der Waals surface area contributed by atoms with Crippen molar-refractivity contribution in [3.8, 4) is 0 Å². The van der Waals surface area contributed by atoms with Crippen LogP contribution in [0.5, 0.6) is 0 Å². The summed E-state index contributed by atoms with van der Waals surface area (Å²) in [5.74, 6) is 0. The molecule has 0 aliphatic carbocycles. The highest BCUT2D eigenvalue weighted by atomic mass is 16.2. The molecule has 25 heavy (non-hydrogen) atoms. The number of benzene rings is 1. The van der Waals surface area contributed by atoms with E-state index in [0.717, 1.165) is 11.1 Å². The topological polar surface area (TPSA) is 71.8 Å². The molecular weight excluding hydrogens is 314 g/mol. The molecule has 2 atom stereocenters. The number of imidazole rings is 1. The Morgan fingerprint density at radius 3 is 2.40 bits per heavy atom. The molecule has 0 bridgehead atoms. The lowest BCUT2D eigenvalue weighted by Crippen LogP contribution is -2.44. The van der Waals surface area contributed by atoms with E-state index < -0.39 is 0 Å². The van der Waals surface area contributed by atoms with Crippen LogP contribution >= 0.6 is 0 Å². The van der Waals surface area contributed by atoms with Gasteiger partial charge in [-0.3, -0.25) is 4.98 Å². The molecule has 0 radical (unpaired) electrons. The first-order valence-electron chi connectivity index (χ1n) is 8.20. The molecule has 2 amide bonds. The minimum absolute atomic E-state index is 0.0249. The number of pyridine rings is 1. The van der Waals surface area contributed by atoms with Crippen LogP contribution < -0.4 is 10.6 Å². The van der Waals surface area contributed by atoms with Crippen molar-refractivity contribution in [1.29, 1.82) is 0 Å². The van der Waals surface area contributed by atoms with Gasteiger partial charge < -0.3 is 15.2 Å². The molecule has 3 aromatic rings. The fourth-order valence-electron chi connectivity index (χ4n) is 2.71. The van der Waals surface area contributed by atoms with E-state index in [1.807, 2.05) is 60.2 Å². The molecule has 0 spiro atoms. The summed E-state index contributed by atoms with van der Waals surface area (Å²) in [7, 11) is 0. The quantitative estimate of drug-likeness (QED) is 0.727. The number of nitrogens with zero attached hydrogens (tertiary/aromatic N) is 3. The number of hydrogen-bond acceptors (Lipinski definition) is 3. The van der Waals surface area contributed by atoms with Gasteiger partial charge in [-0.2, -0.15) is 0 Å². The predicted octanol–water partition coefficient (Wildman–Crippen LogP) is 2.76. The van der Waals surface area contributed by atoms with E-state index in [2.05, 4.69) is 20.6 Å². The van der Waals surface area contributed by atoms with Gasteiger partial charge in [0.05, 0.1) is 12.4 Å². The van der Waals surface area contributed by atoms with Crippen molar-refractivity contribution in [1.82, 2.24) is 25.2 Å². The second-order valence-electron chi connectivity index (χ2n) is 5.90. The Bertz CT molecular complexity index is 735. The van der Waals surface area contributed by atoms with Gasteiger partial charge in [-0.15, -0.1) is 0 Å². The van der Waals surface area contributed by atoms with Crippen LogP contribution in [0.2, 0.25) is 0 Å². The van der Waals surface area contributed by atoms with Crippen molar-refractivity contribution in [3.63, 3.8) is 0 Å². The Labute approximate surface area is 146 Å². The monoisotopic (exact) mass is 335 g/mol. The molecule has 0 aliphatic heterocycles. The van der Waals surface area contributed by atoms with Gasteiger partial charge in [0, 0.05) is 37.4 Å². The van der Waals surface area contributed by atoms with Crippen LogP contribution in [0.4, 0.5) is 4.79 Å². The summed E-state index contributed by atoms with van der Waals surface area (Å²) in [5.41, 5.74) is 2.00. The van der Waals surface area contributed by atoms with Crippen LogP contribution in [0.1, 0.15) is 24.1 Å². The summed E-state index contributed by atoms with van der Waals surface area (Å²) in [5, 5.41) is 6.03. The van der Waals surface area contributed by atoms with Gasteiger partial charge in [-0.05, 0) is 30.2 Å². The number of rotatable bonds is 6. The lowest BCUT2D eigenvalue weighted by atomic mass is 10.00. The Kier molecular flexibility index (Phi) is 5.41. The number of amides is 2. The van der Waals surface area contributed by atoms with Crippen molar-refractivity contribution >= 4 is 6.03 Å². The predicted molar refractivity (Wildman–Crippen MR) is 95.9 cm³/mol. The average Bonchev–Trinajstić information content (AvgIpc) is 3.14. The van der Waals surface area contributed by atoms with Crippen LogP contribution in [0, 0.1) is 0 Å². The van der Waals surface area contributed by atoms with Crippen molar-refractivity contribution in [3.05, 3.63) is 84.7 Å². The highest BCUT2D eigenvalue weighted by Crippen LogP contribution is 2.21. The highest BCUT2D eigenvalue weighted by molar-refractivity contribution is 5.75. The zero-order chi connectivity index (χ0) is 17.5. The molecule has 6 nitrogen and oxygen atoms in total. The molecule has 0 unspecified atom stereocenters. The minimum Gasteiger partial charge on any atom is -0.335 e. The second-order valence-corrected chi connectivity index (χ2v) is 5.90. The second kappa shape index (κ2) is 8.10. The fraction of sp³-hybridized carbons (Fsp3) is 0.211. The third-order valence-corrected chi connectivity index (χ3v) is 3.87. The van der Waals surface area contributed by atoms with E-state index in [1.54, 1.807) is 24.9 Å². The first kappa shape index (κ1) is 16.7. The highest BCUT2D eigenvalue weighted by Gasteiger charge is 2.17. The fourth-order valence-corrected chi connectivity index (χ4v) is 2.71. The average molecular weight is 335 g/mol. The van der Waals surface area contributed by atoms with Gasteiger partial charge in [0.15, 0.2) is 0 Å². The van der Waals surface area contributed by atoms with Crippen LogP contribution in [0.25, 0.3) is 0 Å². The third-order valence-electron chi connectivity index (χ3n) is 3.87. The standard InChI is InChI=1S/C19H21N5O/c1-15(13-24-12-11-21-14-24)22-19(25)23-18(16-5-3-2-4-6-16)17-7-9-20-10-8-17/h2-12,14-15,18H,13H2,1H3,(H2,22,23,25)/t15-,18-/m1/s1. The van der Waals surface area contributed by atoms with Gasteiger partial charge in [0.2, 0.25) is 0 Å². The molecule has 2 heterocycles. The van der Waals surface area contributed by atoms with Gasteiger partial charge in [0.1, 0.15) is 0 Å². The maximum atomic E-state index is 12.5. The summed E-state index contributed by atoms with van der Waals surface area (Å²) >= 11 is 0. The number of aromatic nitrogens is 3. The molecule has 0 aliphatic rings. The van der Waals surface area contributed by atoms with Gasteiger partial charge in [-0.1, -0.05) is 30.3 Å². The number of carbonyl (C=O) groups is 1. The summed E-state index contributed by atoms with van der Waals surface area (Å²) in [6.45, 7) is 2.63. The Hall–Kier alpha value is -3.15. The number of nitrogens with one attached hydrogen (secondary N) is 2. The summed E-state index contributed by atoms with van der Waals surface area (Å²) in [6, 6.07) is 13.2. The Balaban J connectivity index is 1.68. The van der Waals surface area contributed by atoms with E-state index >= 15 is 0 Å². The van der Waals surface area contributed by atoms with E-state index in [9.17, 15) is 4.79 Å². The maximum Gasteiger partial charge on any atom is 0.315 e. The number of hydrogen-bond donors (Lipinski definition) is 2. The van der Waals surface area contributed by atoms with E-state index in [1.165, 1.54) is 0 Å². The Morgan fingerprint density at radius 1 is 1.00 bits per heavy atom. The van der Waals surface area contributed by atoms with Gasteiger partial charge in [-0.25, -0.2) is 9.78 Å². The minimum atomic E-state index is -0.232. The SMILES string of the molecule is C[C@H](Cn1ccnc1)NC(=O)N[C@H](c1ccccc1)c1ccncc1. The van der Waals surface area contributed by atoms with E-state index in [0.29, 0.717) is 6.54 Å². The number of urea groups is 1. The van der Waals surface area contributed by atoms with Crippen molar-refractivity contribution in [2.75, 3.05) is 0 Å². The largest absolute Gasteiger partial charge is 0.335 e. The molecular formula is C19H21N5O. The first-order chi connectivity index (χ1) is 12.2. The molecule has 0 fully saturated rings. The van der Waals surface area contributed by atoms with Crippen LogP contribution in [0.3, 0.4) is 0 Å². The summed E-state index contributed by atoms with van der Waals surface area (Å²) < 4.78 is 1.93. The summed E-state index contributed by atoms with van der Waals surface area (Å²) in [4.78, 5) is 20.5. The lowest BCUT2D eigenvalue weighted by Gasteiger charge is -2.22. The van der Waals surface area contributed by atoms with Crippen LogP contribution in [-0.4, -0.2) is 26.6 Å². The Morgan fingerprint density at radius 2 is 1.72 bits per heavy atom. The molecule has 0 saturated heterocycles. The molecule has 2 N–H and O–H groups in total. The van der Waals surface area contributed by atoms with E-state index in [4.69, 9.17) is 0 Å². The zero-order valence-electron chi connectivity index (χ0n) is 14.0. The van der Waals surface area contributed by atoms with Crippen molar-refractivity contribution < 1.29 is 4.79 Å². The van der Waals surface area contributed by atoms with Crippen LogP contribution in [-0.2, 0) is 6.54 Å². The van der Waals surface area contributed by atoms with Crippen molar-refractivity contribution in [2.24, 2.45) is 0 Å². The zero-order valence-corrected chi connectivity index (χ0v) is 14.0. The molecule has 2 aromatic heterocycles. The molecule has 1 aromatic carbocycles. The van der Waals surface area contributed by atoms with Crippen molar-refractivity contribution in [2.45, 2.75) is 25.6 Å². The van der Waals surface area contributed by atoms with Gasteiger partial charge >= 0.3 is 6.03 Å². The lowest BCUT2D eigenvalue weighted by molar-refractivity contribution is 0.234. The molecule has 3 rings (SSSR count). The number of carbonyl (C=O) groups excluding carboxylic acids is 1. The van der Waals surface area contributed by atoms with Crippen LogP contribution in [0.15, 0.2) is 73.6 Å². The maximum absolute atomic E-state index is 12.5. The van der Waals surface area contributed by atoms with E-state index in [-0.39, 0.29) is 18.1 Å².